The number of amides is 1. The predicted octanol–water partition coefficient (Wildman–Crippen LogP) is -0.243. The number of benzene rings is 1. The van der Waals surface area contributed by atoms with Crippen molar-refractivity contribution in [2.45, 2.75) is 19.3 Å². The van der Waals surface area contributed by atoms with Crippen molar-refractivity contribution in [3.8, 4) is 5.75 Å². The number of quaternary nitrogens is 1. The van der Waals surface area contributed by atoms with E-state index in [1.165, 1.54) is 31.3 Å². The molecule has 1 saturated heterocycles. The SMILES string of the molecule is COC(=O)COc1ccc(/C=N\NC(=O)C[NH+]2CCCCC2)cc1. The van der Waals surface area contributed by atoms with Crippen LogP contribution in [0, 0.1) is 0 Å². The number of esters is 1. The molecule has 130 valence electrons. The summed E-state index contributed by atoms with van der Waals surface area (Å²) in [6, 6.07) is 7.03. The van der Waals surface area contributed by atoms with Gasteiger partial charge in [0, 0.05) is 0 Å². The summed E-state index contributed by atoms with van der Waals surface area (Å²) >= 11 is 0. The third-order valence-corrected chi connectivity index (χ3v) is 3.84. The Hall–Kier alpha value is -2.41. The zero-order valence-electron chi connectivity index (χ0n) is 13.9. The lowest BCUT2D eigenvalue weighted by atomic mass is 10.1. The fraction of sp³-hybridized carbons (Fsp3) is 0.471. The van der Waals surface area contributed by atoms with Crippen molar-refractivity contribution < 1.29 is 24.0 Å². The van der Waals surface area contributed by atoms with E-state index in [0.717, 1.165) is 18.7 Å². The van der Waals surface area contributed by atoms with Gasteiger partial charge in [-0.25, -0.2) is 10.2 Å². The van der Waals surface area contributed by atoms with Gasteiger partial charge in [-0.3, -0.25) is 4.79 Å². The van der Waals surface area contributed by atoms with E-state index < -0.39 is 5.97 Å². The molecule has 7 heteroatoms. The molecule has 1 amide bonds. The number of hydrogen-bond acceptors (Lipinski definition) is 5. The molecule has 0 radical (unpaired) electrons. The molecule has 0 aromatic heterocycles. The molecule has 7 nitrogen and oxygen atoms in total. The van der Waals surface area contributed by atoms with Crippen LogP contribution >= 0.6 is 0 Å². The summed E-state index contributed by atoms with van der Waals surface area (Å²) in [4.78, 5) is 24.1. The highest BCUT2D eigenvalue weighted by atomic mass is 16.6. The van der Waals surface area contributed by atoms with Crippen LogP contribution in [-0.2, 0) is 14.3 Å². The molecule has 1 heterocycles. The minimum atomic E-state index is -0.431. The second-order valence-electron chi connectivity index (χ2n) is 5.71. The molecule has 1 aromatic carbocycles. The maximum atomic E-state index is 11.8. The number of nitrogens with one attached hydrogen (secondary N) is 2. The molecule has 0 saturated carbocycles. The van der Waals surface area contributed by atoms with Crippen LogP contribution in [0.1, 0.15) is 24.8 Å². The Morgan fingerprint density at radius 3 is 2.58 bits per heavy atom. The molecule has 0 bridgehead atoms. The van der Waals surface area contributed by atoms with E-state index in [1.807, 2.05) is 0 Å². The zero-order chi connectivity index (χ0) is 17.2. The molecule has 0 aliphatic carbocycles. The largest absolute Gasteiger partial charge is 0.482 e. The lowest BCUT2D eigenvalue weighted by Crippen LogP contribution is -3.13. The van der Waals surface area contributed by atoms with Crippen molar-refractivity contribution in [1.82, 2.24) is 5.43 Å². The minimum absolute atomic E-state index is 0.0684. The number of carbonyl (C=O) groups is 2. The second kappa shape index (κ2) is 9.67. The molecule has 0 spiro atoms. The third-order valence-electron chi connectivity index (χ3n) is 3.84. The summed E-state index contributed by atoms with van der Waals surface area (Å²) in [5.41, 5.74) is 3.38. The normalized spacial score (nSPS) is 15.2. The average molecular weight is 334 g/mol. The van der Waals surface area contributed by atoms with Crippen LogP contribution in [0.5, 0.6) is 5.75 Å². The molecule has 1 fully saturated rings. The topological polar surface area (TPSA) is 81.4 Å². The van der Waals surface area contributed by atoms with Gasteiger partial charge >= 0.3 is 5.97 Å². The van der Waals surface area contributed by atoms with E-state index in [9.17, 15) is 9.59 Å². The van der Waals surface area contributed by atoms with E-state index in [2.05, 4.69) is 15.3 Å². The Morgan fingerprint density at radius 2 is 1.92 bits per heavy atom. The Morgan fingerprint density at radius 1 is 1.21 bits per heavy atom. The molecule has 24 heavy (non-hydrogen) atoms. The fourth-order valence-electron chi connectivity index (χ4n) is 2.53. The first-order chi connectivity index (χ1) is 11.7. The predicted molar refractivity (Wildman–Crippen MR) is 89.1 cm³/mol. The summed E-state index contributed by atoms with van der Waals surface area (Å²) in [5.74, 6) is 0.0654. The van der Waals surface area contributed by atoms with Crippen molar-refractivity contribution in [3.05, 3.63) is 29.8 Å². The molecule has 2 rings (SSSR count). The van der Waals surface area contributed by atoms with Crippen LogP contribution in [0.4, 0.5) is 0 Å². The van der Waals surface area contributed by atoms with Gasteiger partial charge in [0.1, 0.15) is 5.75 Å². The maximum absolute atomic E-state index is 11.8. The number of rotatable bonds is 7. The van der Waals surface area contributed by atoms with Crippen molar-refractivity contribution in [2.24, 2.45) is 5.10 Å². The van der Waals surface area contributed by atoms with Crippen molar-refractivity contribution in [2.75, 3.05) is 33.4 Å². The Bertz CT molecular complexity index is 566. The van der Waals surface area contributed by atoms with Crippen LogP contribution in [0.15, 0.2) is 29.4 Å². The quantitative estimate of drug-likeness (QED) is 0.410. The summed E-state index contributed by atoms with van der Waals surface area (Å²) < 4.78 is 9.75. The maximum Gasteiger partial charge on any atom is 0.343 e. The average Bonchev–Trinajstić information content (AvgIpc) is 2.61. The van der Waals surface area contributed by atoms with Gasteiger partial charge < -0.3 is 14.4 Å². The van der Waals surface area contributed by atoms with E-state index in [1.54, 1.807) is 30.5 Å². The first-order valence-corrected chi connectivity index (χ1v) is 8.12. The number of carbonyl (C=O) groups excluding carboxylic acids is 2. The number of piperidine rings is 1. The van der Waals surface area contributed by atoms with Crippen LogP contribution in [0.25, 0.3) is 0 Å². The fourth-order valence-corrected chi connectivity index (χ4v) is 2.53. The molecule has 1 aliphatic rings. The van der Waals surface area contributed by atoms with Gasteiger partial charge in [0.15, 0.2) is 13.2 Å². The number of ether oxygens (including phenoxy) is 2. The van der Waals surface area contributed by atoms with Gasteiger partial charge in [-0.1, -0.05) is 0 Å². The first kappa shape index (κ1) is 17.9. The first-order valence-electron chi connectivity index (χ1n) is 8.12. The lowest BCUT2D eigenvalue weighted by Gasteiger charge is -2.22. The van der Waals surface area contributed by atoms with E-state index in [-0.39, 0.29) is 12.5 Å². The van der Waals surface area contributed by atoms with Crippen LogP contribution in [0.2, 0.25) is 0 Å². The van der Waals surface area contributed by atoms with Gasteiger partial charge in [-0.2, -0.15) is 5.10 Å². The second-order valence-corrected chi connectivity index (χ2v) is 5.71. The van der Waals surface area contributed by atoms with E-state index in [4.69, 9.17) is 4.74 Å². The highest BCUT2D eigenvalue weighted by molar-refractivity contribution is 5.82. The van der Waals surface area contributed by atoms with Gasteiger partial charge in [-0.15, -0.1) is 0 Å². The summed E-state index contributed by atoms with van der Waals surface area (Å²) in [6.45, 7) is 2.46. The van der Waals surface area contributed by atoms with E-state index in [0.29, 0.717) is 12.3 Å². The highest BCUT2D eigenvalue weighted by Crippen LogP contribution is 2.10. The smallest absolute Gasteiger partial charge is 0.343 e. The van der Waals surface area contributed by atoms with Gasteiger partial charge in [-0.05, 0) is 49.1 Å². The van der Waals surface area contributed by atoms with Crippen LogP contribution in [-0.4, -0.2) is 51.4 Å². The Labute approximate surface area is 141 Å². The Kier molecular flexibility index (Phi) is 7.22. The van der Waals surface area contributed by atoms with Gasteiger partial charge in [0.05, 0.1) is 26.4 Å². The molecule has 1 aromatic rings. The zero-order valence-corrected chi connectivity index (χ0v) is 13.9. The Balaban J connectivity index is 1.73. The molecule has 1 aliphatic heterocycles. The summed E-state index contributed by atoms with van der Waals surface area (Å²) in [5, 5.41) is 3.97. The number of hydrazone groups is 1. The van der Waals surface area contributed by atoms with Crippen molar-refractivity contribution >= 4 is 18.1 Å². The monoisotopic (exact) mass is 334 g/mol. The number of nitrogens with zero attached hydrogens (tertiary/aromatic N) is 1. The number of hydrogen-bond donors (Lipinski definition) is 2. The summed E-state index contributed by atoms with van der Waals surface area (Å²) in [7, 11) is 1.31. The standard InChI is InChI=1S/C17H23N3O4/c1-23-17(22)13-24-15-7-5-14(6-8-15)11-18-19-16(21)12-20-9-3-2-4-10-20/h5-8,11H,2-4,9-10,12-13H2,1H3,(H,19,21)/p+1/b18-11-. The van der Waals surface area contributed by atoms with Crippen molar-refractivity contribution in [3.63, 3.8) is 0 Å². The summed E-state index contributed by atoms with van der Waals surface area (Å²) in [6.07, 6.45) is 5.22. The molecular formula is C17H24N3O4+. The minimum Gasteiger partial charge on any atom is -0.482 e. The van der Waals surface area contributed by atoms with Crippen molar-refractivity contribution in [1.29, 1.82) is 0 Å². The van der Waals surface area contributed by atoms with Gasteiger partial charge in [0.25, 0.3) is 5.91 Å². The van der Waals surface area contributed by atoms with Gasteiger partial charge in [0.2, 0.25) is 0 Å². The number of methoxy groups -OCH3 is 1. The highest BCUT2D eigenvalue weighted by Gasteiger charge is 2.16. The number of likely N-dealkylation sites (tertiary alicyclic amines) is 1. The van der Waals surface area contributed by atoms with Crippen LogP contribution in [0.3, 0.4) is 0 Å². The molecule has 0 atom stereocenters. The lowest BCUT2D eigenvalue weighted by molar-refractivity contribution is -0.896. The molecular weight excluding hydrogens is 310 g/mol. The van der Waals surface area contributed by atoms with E-state index >= 15 is 0 Å². The molecule has 2 N–H and O–H groups in total. The van der Waals surface area contributed by atoms with Crippen LogP contribution < -0.4 is 15.1 Å². The third kappa shape index (κ3) is 6.37. The molecule has 0 unspecified atom stereocenters.